The molecule has 0 unspecified atom stereocenters. The molecule has 0 aromatic heterocycles. The van der Waals surface area contributed by atoms with Gasteiger partial charge in [0.2, 0.25) is 0 Å². The van der Waals surface area contributed by atoms with Crippen LogP contribution >= 0.6 is 11.8 Å². The predicted octanol–water partition coefficient (Wildman–Crippen LogP) is -0.206. The van der Waals surface area contributed by atoms with Crippen molar-refractivity contribution in [2.75, 3.05) is 6.26 Å². The first-order valence-electron chi connectivity index (χ1n) is 3.38. The van der Waals surface area contributed by atoms with Gasteiger partial charge in [-0.2, -0.15) is 0 Å². The summed E-state index contributed by atoms with van der Waals surface area (Å²) < 4.78 is 0. The standard InChI is InChI=1S/C7H9BO3S/c1-12-7-4-5(8(10)11)2-3-6(7)9/h2-4,9-11H,1H3. The summed E-state index contributed by atoms with van der Waals surface area (Å²) in [6, 6.07) is 4.46. The molecule has 0 fully saturated rings. The maximum absolute atomic E-state index is 9.23. The molecule has 0 saturated carbocycles. The highest BCUT2D eigenvalue weighted by molar-refractivity contribution is 7.98. The zero-order valence-corrected chi connectivity index (χ0v) is 7.38. The van der Waals surface area contributed by atoms with Crippen molar-refractivity contribution in [3.63, 3.8) is 0 Å². The number of hydrogen-bond acceptors (Lipinski definition) is 4. The summed E-state index contributed by atoms with van der Waals surface area (Å²) in [5.74, 6) is 0.159. The number of phenols is 1. The van der Waals surface area contributed by atoms with Crippen LogP contribution in [0.4, 0.5) is 0 Å². The van der Waals surface area contributed by atoms with Gasteiger partial charge in [0, 0.05) is 4.90 Å². The third-order valence-corrected chi connectivity index (χ3v) is 2.27. The lowest BCUT2D eigenvalue weighted by atomic mass is 9.80. The summed E-state index contributed by atoms with van der Waals surface area (Å²) in [6.45, 7) is 0. The molecule has 1 aromatic rings. The number of thioether (sulfide) groups is 1. The molecule has 0 spiro atoms. The average molecular weight is 184 g/mol. The maximum Gasteiger partial charge on any atom is 0.488 e. The van der Waals surface area contributed by atoms with Crippen molar-refractivity contribution in [3.05, 3.63) is 18.2 Å². The van der Waals surface area contributed by atoms with Crippen molar-refractivity contribution < 1.29 is 15.2 Å². The first kappa shape index (κ1) is 9.44. The average Bonchev–Trinajstić information content (AvgIpc) is 2.05. The van der Waals surface area contributed by atoms with Crippen LogP contribution < -0.4 is 5.46 Å². The molecule has 0 radical (unpaired) electrons. The minimum absolute atomic E-state index is 0.159. The molecule has 0 aliphatic carbocycles. The molecule has 0 aliphatic rings. The van der Waals surface area contributed by atoms with Gasteiger partial charge in [0.05, 0.1) is 0 Å². The maximum atomic E-state index is 9.23. The Morgan fingerprint density at radius 1 is 1.33 bits per heavy atom. The van der Waals surface area contributed by atoms with Crippen LogP contribution in [0, 0.1) is 0 Å². The van der Waals surface area contributed by atoms with Crippen LogP contribution in [0.2, 0.25) is 0 Å². The van der Waals surface area contributed by atoms with Gasteiger partial charge in [-0.3, -0.25) is 0 Å². The Hall–Kier alpha value is -0.645. The molecule has 0 aliphatic heterocycles. The highest BCUT2D eigenvalue weighted by Crippen LogP contribution is 2.24. The van der Waals surface area contributed by atoms with Crippen molar-refractivity contribution in [3.8, 4) is 5.75 Å². The summed E-state index contributed by atoms with van der Waals surface area (Å²) in [6.07, 6.45) is 1.81. The molecule has 64 valence electrons. The summed E-state index contributed by atoms with van der Waals surface area (Å²) >= 11 is 1.35. The van der Waals surface area contributed by atoms with Gasteiger partial charge >= 0.3 is 7.12 Å². The third kappa shape index (κ3) is 1.94. The predicted molar refractivity (Wildman–Crippen MR) is 49.7 cm³/mol. The van der Waals surface area contributed by atoms with Crippen LogP contribution in [-0.4, -0.2) is 28.5 Å². The van der Waals surface area contributed by atoms with Crippen LogP contribution in [0.5, 0.6) is 5.75 Å². The van der Waals surface area contributed by atoms with Crippen molar-refractivity contribution in [1.29, 1.82) is 0 Å². The van der Waals surface area contributed by atoms with Gasteiger partial charge < -0.3 is 15.2 Å². The molecule has 0 atom stereocenters. The number of hydrogen-bond donors (Lipinski definition) is 3. The van der Waals surface area contributed by atoms with Crippen molar-refractivity contribution in [2.45, 2.75) is 4.90 Å². The highest BCUT2D eigenvalue weighted by atomic mass is 32.2. The Bertz CT molecular complexity index is 277. The van der Waals surface area contributed by atoms with Gasteiger partial charge in [-0.25, -0.2) is 0 Å². The van der Waals surface area contributed by atoms with Gasteiger partial charge in [0.15, 0.2) is 0 Å². The third-order valence-electron chi connectivity index (χ3n) is 1.50. The zero-order chi connectivity index (χ0) is 9.14. The van der Waals surface area contributed by atoms with E-state index in [9.17, 15) is 5.11 Å². The lowest BCUT2D eigenvalue weighted by Crippen LogP contribution is -2.29. The van der Waals surface area contributed by atoms with Crippen LogP contribution in [0.3, 0.4) is 0 Å². The zero-order valence-electron chi connectivity index (χ0n) is 6.56. The Morgan fingerprint density at radius 3 is 2.50 bits per heavy atom. The van der Waals surface area contributed by atoms with E-state index in [1.54, 1.807) is 6.07 Å². The molecule has 0 amide bonds. The molecule has 0 heterocycles. The van der Waals surface area contributed by atoms with Gasteiger partial charge in [-0.15, -0.1) is 11.8 Å². The van der Waals surface area contributed by atoms with Crippen molar-refractivity contribution >= 4 is 24.3 Å². The molecule has 1 aromatic carbocycles. The monoisotopic (exact) mass is 184 g/mol. The summed E-state index contributed by atoms with van der Waals surface area (Å²) in [5, 5.41) is 26.8. The van der Waals surface area contributed by atoms with Crippen LogP contribution in [0.25, 0.3) is 0 Å². The molecule has 1 rings (SSSR count). The summed E-state index contributed by atoms with van der Waals surface area (Å²) in [5.41, 5.74) is 0.386. The Labute approximate surface area is 75.2 Å². The minimum atomic E-state index is -1.48. The van der Waals surface area contributed by atoms with Gasteiger partial charge in [0.1, 0.15) is 5.75 Å². The first-order valence-corrected chi connectivity index (χ1v) is 4.60. The Morgan fingerprint density at radius 2 is 2.00 bits per heavy atom. The van der Waals surface area contributed by atoms with Gasteiger partial charge in [0.25, 0.3) is 0 Å². The molecular weight excluding hydrogens is 175 g/mol. The number of benzene rings is 1. The van der Waals surface area contributed by atoms with E-state index in [-0.39, 0.29) is 5.75 Å². The largest absolute Gasteiger partial charge is 0.507 e. The number of rotatable bonds is 2. The molecule has 3 N–H and O–H groups in total. The lowest BCUT2D eigenvalue weighted by molar-refractivity contribution is 0.425. The van der Waals surface area contributed by atoms with E-state index in [0.29, 0.717) is 10.4 Å². The van der Waals surface area contributed by atoms with E-state index in [4.69, 9.17) is 10.0 Å². The van der Waals surface area contributed by atoms with E-state index in [2.05, 4.69) is 0 Å². The normalized spacial score (nSPS) is 9.92. The van der Waals surface area contributed by atoms with Gasteiger partial charge in [-0.1, -0.05) is 6.07 Å². The fraction of sp³-hybridized carbons (Fsp3) is 0.143. The minimum Gasteiger partial charge on any atom is -0.507 e. The molecule has 0 bridgehead atoms. The van der Waals surface area contributed by atoms with Crippen molar-refractivity contribution in [2.24, 2.45) is 0 Å². The quantitative estimate of drug-likeness (QED) is 0.439. The fourth-order valence-electron chi connectivity index (χ4n) is 0.855. The van der Waals surface area contributed by atoms with E-state index >= 15 is 0 Å². The Kier molecular flexibility index (Phi) is 3.02. The van der Waals surface area contributed by atoms with Crippen molar-refractivity contribution in [1.82, 2.24) is 0 Å². The summed E-state index contributed by atoms with van der Waals surface area (Å²) in [7, 11) is -1.48. The lowest BCUT2D eigenvalue weighted by Gasteiger charge is -2.03. The van der Waals surface area contributed by atoms with E-state index in [1.165, 1.54) is 23.9 Å². The molecule has 3 nitrogen and oxygen atoms in total. The second kappa shape index (κ2) is 3.84. The smallest absolute Gasteiger partial charge is 0.488 e. The topological polar surface area (TPSA) is 60.7 Å². The van der Waals surface area contributed by atoms with Crippen LogP contribution in [-0.2, 0) is 0 Å². The van der Waals surface area contributed by atoms with E-state index in [0.717, 1.165) is 0 Å². The second-order valence-electron chi connectivity index (χ2n) is 2.30. The SMILES string of the molecule is CSc1cc(B(O)O)ccc1O. The molecular formula is C7H9BO3S. The molecule has 0 saturated heterocycles. The van der Waals surface area contributed by atoms with Crippen LogP contribution in [0.1, 0.15) is 0 Å². The molecule has 5 heteroatoms. The molecule has 12 heavy (non-hydrogen) atoms. The first-order chi connectivity index (χ1) is 5.65. The highest BCUT2D eigenvalue weighted by Gasteiger charge is 2.12. The fourth-order valence-corrected chi connectivity index (χ4v) is 1.39. The van der Waals surface area contributed by atoms with E-state index in [1.807, 2.05) is 6.26 Å². The Balaban J connectivity index is 3.05. The van der Waals surface area contributed by atoms with Gasteiger partial charge in [-0.05, 0) is 23.9 Å². The number of aromatic hydroxyl groups is 1. The van der Waals surface area contributed by atoms with E-state index < -0.39 is 7.12 Å². The summed E-state index contributed by atoms with van der Waals surface area (Å²) in [4.78, 5) is 0.639. The second-order valence-corrected chi connectivity index (χ2v) is 3.15. The number of phenolic OH excluding ortho intramolecular Hbond substituents is 1. The van der Waals surface area contributed by atoms with Crippen LogP contribution in [0.15, 0.2) is 23.1 Å².